The zero-order valence-electron chi connectivity index (χ0n) is 12.2. The molecule has 114 valence electrons. The highest BCUT2D eigenvalue weighted by atomic mass is 31.2. The fraction of sp³-hybridized carbons (Fsp3) is 0.278. The lowest BCUT2D eigenvalue weighted by Gasteiger charge is -2.36. The summed E-state index contributed by atoms with van der Waals surface area (Å²) < 4.78 is 29.7. The Hall–Kier alpha value is -1.73. The van der Waals surface area contributed by atoms with Crippen molar-refractivity contribution in [3.05, 3.63) is 60.7 Å². The van der Waals surface area contributed by atoms with Crippen LogP contribution in [0.3, 0.4) is 0 Å². The second-order valence-corrected chi connectivity index (χ2v) is 8.63. The number of benzene rings is 2. The van der Waals surface area contributed by atoms with Crippen molar-refractivity contribution < 1.29 is 13.8 Å². The number of ketones is 1. The Morgan fingerprint density at radius 2 is 1.36 bits per heavy atom. The lowest BCUT2D eigenvalue weighted by atomic mass is 9.97. The lowest BCUT2D eigenvalue weighted by Crippen LogP contribution is -2.43. The maximum atomic E-state index is 15.8. The van der Waals surface area contributed by atoms with Crippen LogP contribution in [-0.2, 0) is 9.36 Å². The summed E-state index contributed by atoms with van der Waals surface area (Å²) in [6, 6.07) is 17.2. The summed E-state index contributed by atoms with van der Waals surface area (Å²) in [6.45, 7) is 0. The van der Waals surface area contributed by atoms with E-state index in [0.717, 1.165) is 0 Å². The zero-order valence-corrected chi connectivity index (χ0v) is 13.1. The Balaban J connectivity index is 2.25. The maximum Gasteiger partial charge on any atom is 0.228 e. The summed E-state index contributed by atoms with van der Waals surface area (Å²) in [5, 5.41) is -1.45. The molecule has 4 heteroatoms. The monoisotopic (exact) mass is 316 g/mol. The highest BCUT2D eigenvalue weighted by molar-refractivity contribution is 7.80. The van der Waals surface area contributed by atoms with Crippen LogP contribution in [0.25, 0.3) is 0 Å². The molecule has 22 heavy (non-hydrogen) atoms. The molecule has 2 aromatic carbocycles. The van der Waals surface area contributed by atoms with Gasteiger partial charge in [0.15, 0.2) is 12.9 Å². The van der Waals surface area contributed by atoms with Gasteiger partial charge in [0.25, 0.3) is 0 Å². The van der Waals surface area contributed by atoms with Gasteiger partial charge in [-0.1, -0.05) is 60.7 Å². The molecule has 1 aliphatic rings. The molecule has 0 amide bonds. The van der Waals surface area contributed by atoms with Crippen molar-refractivity contribution in [3.63, 3.8) is 0 Å². The SMILES string of the molecule is O=C1CCCC[C@]1(F)P(=O)(c1ccccc1)c1ccccc1. The summed E-state index contributed by atoms with van der Waals surface area (Å²) in [4.78, 5) is 12.4. The average Bonchev–Trinajstić information content (AvgIpc) is 2.58. The largest absolute Gasteiger partial charge is 0.310 e. The van der Waals surface area contributed by atoms with Crippen LogP contribution in [0, 0.1) is 0 Å². The fourth-order valence-electron chi connectivity index (χ4n) is 3.14. The van der Waals surface area contributed by atoms with Crippen molar-refractivity contribution >= 4 is 23.5 Å². The van der Waals surface area contributed by atoms with Crippen molar-refractivity contribution in [2.45, 2.75) is 31.1 Å². The Morgan fingerprint density at radius 3 is 1.82 bits per heavy atom. The summed E-state index contributed by atoms with van der Waals surface area (Å²) in [5.41, 5.74) is 0. The molecule has 0 aliphatic heterocycles. The molecule has 2 aromatic rings. The lowest BCUT2D eigenvalue weighted by molar-refractivity contribution is -0.127. The van der Waals surface area contributed by atoms with Crippen LogP contribution in [0.2, 0.25) is 0 Å². The first-order valence-electron chi connectivity index (χ1n) is 7.52. The number of rotatable bonds is 3. The molecule has 1 atom stereocenters. The van der Waals surface area contributed by atoms with E-state index in [2.05, 4.69) is 0 Å². The van der Waals surface area contributed by atoms with Crippen molar-refractivity contribution in [1.82, 2.24) is 0 Å². The third-order valence-electron chi connectivity index (χ3n) is 4.33. The van der Waals surface area contributed by atoms with E-state index < -0.39 is 18.3 Å². The molecule has 3 rings (SSSR count). The highest BCUT2D eigenvalue weighted by Crippen LogP contribution is 2.61. The molecule has 0 heterocycles. The molecule has 2 nitrogen and oxygen atoms in total. The minimum Gasteiger partial charge on any atom is -0.310 e. The molecular formula is C18H18FO2P. The second-order valence-electron chi connectivity index (χ2n) is 5.67. The molecule has 0 radical (unpaired) electrons. The first-order chi connectivity index (χ1) is 10.6. The Labute approximate surface area is 129 Å². The number of halogens is 1. The van der Waals surface area contributed by atoms with Crippen LogP contribution in [0.1, 0.15) is 25.7 Å². The first kappa shape index (κ1) is 15.2. The Kier molecular flexibility index (Phi) is 4.01. The molecule has 0 aromatic heterocycles. The number of carbonyl (C=O) groups is 1. The van der Waals surface area contributed by atoms with Crippen molar-refractivity contribution in [1.29, 1.82) is 0 Å². The number of hydrogen-bond donors (Lipinski definition) is 0. The topological polar surface area (TPSA) is 34.1 Å². The highest BCUT2D eigenvalue weighted by Gasteiger charge is 2.56. The molecule has 0 saturated heterocycles. The van der Waals surface area contributed by atoms with Gasteiger partial charge >= 0.3 is 0 Å². The number of carbonyl (C=O) groups excluding carboxylic acids is 1. The van der Waals surface area contributed by atoms with E-state index in [-0.39, 0.29) is 12.8 Å². The van der Waals surface area contributed by atoms with E-state index in [4.69, 9.17) is 0 Å². The van der Waals surface area contributed by atoms with Gasteiger partial charge in [-0.25, -0.2) is 4.39 Å². The van der Waals surface area contributed by atoms with Crippen molar-refractivity contribution in [2.75, 3.05) is 0 Å². The van der Waals surface area contributed by atoms with Crippen molar-refractivity contribution in [3.8, 4) is 0 Å². The minimum absolute atomic E-state index is 0.0346. The van der Waals surface area contributed by atoms with Gasteiger partial charge in [-0.05, 0) is 19.3 Å². The summed E-state index contributed by atoms with van der Waals surface area (Å²) in [7, 11) is -3.68. The van der Waals surface area contributed by atoms with Crippen LogP contribution >= 0.6 is 7.14 Å². The second kappa shape index (κ2) is 5.81. The zero-order chi connectivity index (χ0) is 15.6. The summed E-state index contributed by atoms with van der Waals surface area (Å²) in [6.07, 6.45) is 1.47. The van der Waals surface area contributed by atoms with Gasteiger partial charge in [-0.3, -0.25) is 4.79 Å². The molecule has 1 aliphatic carbocycles. The smallest absolute Gasteiger partial charge is 0.228 e. The first-order valence-corrected chi connectivity index (χ1v) is 9.23. The summed E-state index contributed by atoms with van der Waals surface area (Å²) >= 11 is 0. The van der Waals surface area contributed by atoms with Gasteiger partial charge in [0.1, 0.15) is 0 Å². The van der Waals surface area contributed by atoms with Gasteiger partial charge in [-0.15, -0.1) is 0 Å². The van der Waals surface area contributed by atoms with Crippen LogP contribution in [0.4, 0.5) is 4.39 Å². The molecule has 0 spiro atoms. The quantitative estimate of drug-likeness (QED) is 0.807. The third-order valence-corrected chi connectivity index (χ3v) is 7.85. The molecule has 0 N–H and O–H groups in total. The fourth-order valence-corrected chi connectivity index (χ4v) is 6.38. The molecular weight excluding hydrogens is 298 g/mol. The van der Waals surface area contributed by atoms with Gasteiger partial charge < -0.3 is 4.57 Å². The van der Waals surface area contributed by atoms with Crippen molar-refractivity contribution in [2.24, 2.45) is 0 Å². The minimum atomic E-state index is -3.68. The predicted octanol–water partition coefficient (Wildman–Crippen LogP) is 3.81. The normalized spacial score (nSPS) is 22.5. The Bertz CT molecular complexity index is 671. The van der Waals surface area contributed by atoms with Crippen LogP contribution < -0.4 is 10.6 Å². The van der Waals surface area contributed by atoms with Gasteiger partial charge in [0.2, 0.25) is 5.41 Å². The van der Waals surface area contributed by atoms with Gasteiger partial charge in [-0.2, -0.15) is 0 Å². The molecule has 0 bridgehead atoms. The molecule has 1 saturated carbocycles. The van der Waals surface area contributed by atoms with E-state index in [0.29, 0.717) is 23.5 Å². The van der Waals surface area contributed by atoms with E-state index >= 15 is 4.39 Å². The summed E-state index contributed by atoms with van der Waals surface area (Å²) in [5.74, 6) is -0.519. The predicted molar refractivity (Wildman–Crippen MR) is 87.1 cm³/mol. The maximum absolute atomic E-state index is 15.8. The van der Waals surface area contributed by atoms with Crippen LogP contribution in [0.15, 0.2) is 60.7 Å². The molecule has 0 unspecified atom stereocenters. The van der Waals surface area contributed by atoms with E-state index in [9.17, 15) is 9.36 Å². The van der Waals surface area contributed by atoms with Gasteiger partial charge in [0, 0.05) is 17.0 Å². The van der Waals surface area contributed by atoms with Gasteiger partial charge in [0.05, 0.1) is 0 Å². The number of alkyl halides is 1. The number of Topliss-reactive ketones (excluding diaryl/α,β-unsaturated/α-hetero) is 1. The third kappa shape index (κ3) is 2.24. The van der Waals surface area contributed by atoms with E-state index in [1.165, 1.54) is 0 Å². The average molecular weight is 316 g/mol. The molecule has 1 fully saturated rings. The van der Waals surface area contributed by atoms with E-state index in [1.807, 2.05) is 0 Å². The van der Waals surface area contributed by atoms with Crippen LogP contribution in [-0.4, -0.2) is 11.2 Å². The standard InChI is InChI=1S/C18H18FO2P/c19-18(14-8-7-13-17(18)20)22(21,15-9-3-1-4-10-15)16-11-5-2-6-12-16/h1-6,9-12H,7-8,13-14H2/t18-/m0/s1. The Morgan fingerprint density at radius 1 is 0.864 bits per heavy atom. The van der Waals surface area contributed by atoms with E-state index in [1.54, 1.807) is 60.7 Å². The van der Waals surface area contributed by atoms with Crippen LogP contribution in [0.5, 0.6) is 0 Å². The number of hydrogen-bond acceptors (Lipinski definition) is 2.